The highest BCUT2D eigenvalue weighted by Gasteiger charge is 2.28. The summed E-state index contributed by atoms with van der Waals surface area (Å²) in [5, 5.41) is 18.2. The minimum Gasteiger partial charge on any atom is -0.487 e. The number of piperidine rings is 1. The molecule has 2 atom stereocenters. The molecule has 6 nitrogen and oxygen atoms in total. The summed E-state index contributed by atoms with van der Waals surface area (Å²) in [6.45, 7) is 2.73. The van der Waals surface area contributed by atoms with Crippen LogP contribution in [0.5, 0.6) is 11.6 Å². The molecule has 0 amide bonds. The van der Waals surface area contributed by atoms with Crippen LogP contribution in [-0.2, 0) is 0 Å². The van der Waals surface area contributed by atoms with Gasteiger partial charge in [-0.3, -0.25) is 0 Å². The van der Waals surface area contributed by atoms with Gasteiger partial charge in [-0.1, -0.05) is 6.07 Å². The van der Waals surface area contributed by atoms with Crippen molar-refractivity contribution in [3.8, 4) is 11.6 Å². The fraction of sp³-hybridized carbons (Fsp3) is 0.611. The van der Waals surface area contributed by atoms with Crippen molar-refractivity contribution in [2.45, 2.75) is 44.3 Å². The zero-order valence-corrected chi connectivity index (χ0v) is 15.0. The van der Waals surface area contributed by atoms with Crippen molar-refractivity contribution in [2.24, 2.45) is 5.92 Å². The van der Waals surface area contributed by atoms with Gasteiger partial charge < -0.3 is 24.4 Å². The van der Waals surface area contributed by atoms with Gasteiger partial charge in [0.2, 0.25) is 0 Å². The van der Waals surface area contributed by atoms with Crippen LogP contribution in [0.15, 0.2) is 22.7 Å². The molecule has 2 fully saturated rings. The Morgan fingerprint density at radius 1 is 1.20 bits per heavy atom. The molecule has 0 bridgehead atoms. The van der Waals surface area contributed by atoms with E-state index < -0.39 is 6.10 Å². The molecule has 138 valence electrons. The Morgan fingerprint density at radius 2 is 2.04 bits per heavy atom. The highest BCUT2D eigenvalue weighted by atomic mass is 35.5. The second-order valence-electron chi connectivity index (χ2n) is 6.78. The lowest BCUT2D eigenvalue weighted by molar-refractivity contribution is 0.0612. The van der Waals surface area contributed by atoms with Gasteiger partial charge in [-0.25, -0.2) is 0 Å². The largest absolute Gasteiger partial charge is 0.487 e. The summed E-state index contributed by atoms with van der Waals surface area (Å²) in [7, 11) is 0. The number of halogens is 1. The lowest BCUT2D eigenvalue weighted by Crippen LogP contribution is -2.30. The number of benzene rings is 1. The highest BCUT2D eigenvalue weighted by Crippen LogP contribution is 2.36. The monoisotopic (exact) mass is 368 g/mol. The Balaban J connectivity index is 0.00000182. The van der Waals surface area contributed by atoms with Crippen molar-refractivity contribution >= 4 is 23.4 Å². The highest BCUT2D eigenvalue weighted by molar-refractivity contribution is 5.88. The molecule has 0 unspecified atom stereocenters. The molecule has 0 radical (unpaired) electrons. The molecule has 2 heterocycles. The van der Waals surface area contributed by atoms with Gasteiger partial charge in [-0.2, -0.15) is 0 Å². The molecule has 1 aromatic heterocycles. The molecule has 2 N–H and O–H groups in total. The first kappa shape index (κ1) is 18.3. The summed E-state index contributed by atoms with van der Waals surface area (Å²) >= 11 is 0. The second-order valence-corrected chi connectivity index (χ2v) is 6.78. The van der Waals surface area contributed by atoms with E-state index in [4.69, 9.17) is 14.0 Å². The minimum absolute atomic E-state index is 0. The predicted octanol–water partition coefficient (Wildman–Crippen LogP) is 2.92. The lowest BCUT2D eigenvalue weighted by atomic mass is 9.99. The van der Waals surface area contributed by atoms with Crippen LogP contribution in [0.2, 0.25) is 0 Å². The summed E-state index contributed by atoms with van der Waals surface area (Å²) in [6.07, 6.45) is 4.32. The van der Waals surface area contributed by atoms with Crippen LogP contribution in [0.25, 0.3) is 11.0 Å². The molecule has 1 aromatic carbocycles. The van der Waals surface area contributed by atoms with Crippen LogP contribution in [0.1, 0.15) is 32.1 Å². The fourth-order valence-corrected chi connectivity index (χ4v) is 3.58. The average molecular weight is 369 g/mol. The third-order valence-corrected chi connectivity index (χ3v) is 5.04. The van der Waals surface area contributed by atoms with Crippen LogP contribution in [-0.4, -0.2) is 42.2 Å². The van der Waals surface area contributed by atoms with Gasteiger partial charge >= 0.3 is 0 Å². The van der Waals surface area contributed by atoms with E-state index in [9.17, 15) is 5.11 Å². The fourth-order valence-electron chi connectivity index (χ4n) is 3.58. The number of aromatic nitrogens is 1. The smallest absolute Gasteiger partial charge is 0.265 e. The molecule has 25 heavy (non-hydrogen) atoms. The van der Waals surface area contributed by atoms with Crippen molar-refractivity contribution in [3.63, 3.8) is 0 Å². The molecule has 7 heteroatoms. The van der Waals surface area contributed by atoms with Crippen LogP contribution in [0.4, 0.5) is 0 Å². The van der Waals surface area contributed by atoms with E-state index in [-0.39, 0.29) is 18.5 Å². The van der Waals surface area contributed by atoms with Gasteiger partial charge in [0, 0.05) is 0 Å². The van der Waals surface area contributed by atoms with Gasteiger partial charge in [0.05, 0.1) is 12.7 Å². The molecule has 1 saturated carbocycles. The zero-order chi connectivity index (χ0) is 16.4. The van der Waals surface area contributed by atoms with Crippen molar-refractivity contribution in [1.82, 2.24) is 10.5 Å². The quantitative estimate of drug-likeness (QED) is 0.845. The first-order chi connectivity index (χ1) is 11.8. The number of nitrogens with zero attached hydrogens (tertiary/aromatic N) is 1. The number of nitrogens with one attached hydrogen (secondary N) is 1. The third kappa shape index (κ3) is 4.02. The molecular weight excluding hydrogens is 344 g/mol. The van der Waals surface area contributed by atoms with E-state index in [1.54, 1.807) is 0 Å². The Kier molecular flexibility index (Phi) is 6.04. The number of hydrogen-bond donors (Lipinski definition) is 2. The molecule has 1 aliphatic carbocycles. The Labute approximate surface area is 153 Å². The Bertz CT molecular complexity index is 687. The van der Waals surface area contributed by atoms with E-state index >= 15 is 0 Å². The average Bonchev–Trinajstić information content (AvgIpc) is 3.21. The van der Waals surface area contributed by atoms with E-state index in [1.165, 1.54) is 0 Å². The van der Waals surface area contributed by atoms with Crippen LogP contribution in [0, 0.1) is 5.92 Å². The number of hydrogen-bond acceptors (Lipinski definition) is 6. The Hall–Kier alpha value is -1.50. The van der Waals surface area contributed by atoms with Gasteiger partial charge in [0.25, 0.3) is 5.88 Å². The molecule has 2 aliphatic rings. The maximum Gasteiger partial charge on any atom is 0.265 e. The Morgan fingerprint density at radius 3 is 2.80 bits per heavy atom. The first-order valence-corrected chi connectivity index (χ1v) is 8.88. The summed E-state index contributed by atoms with van der Waals surface area (Å²) < 4.78 is 17.4. The molecule has 0 spiro atoms. The van der Waals surface area contributed by atoms with Crippen molar-refractivity contribution in [2.75, 3.05) is 19.7 Å². The van der Waals surface area contributed by atoms with E-state index in [0.29, 0.717) is 29.7 Å². The lowest BCUT2D eigenvalue weighted by Gasteiger charge is -2.22. The molecule has 1 aliphatic heterocycles. The number of ether oxygens (including phenoxy) is 2. The van der Waals surface area contributed by atoms with Gasteiger partial charge in [0.1, 0.15) is 17.2 Å². The molecular formula is C18H25ClN2O4. The SMILES string of the molecule is Cl.O[C@H]1CCC[C@@H]1Oc1cccc2onc(OCC3CCNCC3)c12. The van der Waals surface area contributed by atoms with Gasteiger partial charge in [-0.05, 0) is 68.4 Å². The summed E-state index contributed by atoms with van der Waals surface area (Å²) in [5.41, 5.74) is 0.653. The minimum atomic E-state index is -0.403. The topological polar surface area (TPSA) is 76.8 Å². The molecule has 4 rings (SSSR count). The van der Waals surface area contributed by atoms with Crippen LogP contribution < -0.4 is 14.8 Å². The normalized spacial score (nSPS) is 24.2. The molecule has 2 aromatic rings. The maximum absolute atomic E-state index is 10.0. The number of rotatable bonds is 5. The van der Waals surface area contributed by atoms with Gasteiger partial charge in [-0.15, -0.1) is 12.4 Å². The van der Waals surface area contributed by atoms with Crippen molar-refractivity contribution < 1.29 is 19.1 Å². The predicted molar refractivity (Wildman–Crippen MR) is 96.6 cm³/mol. The zero-order valence-electron chi connectivity index (χ0n) is 14.1. The van der Waals surface area contributed by atoms with Gasteiger partial charge in [0.15, 0.2) is 5.58 Å². The summed E-state index contributed by atoms with van der Waals surface area (Å²) in [4.78, 5) is 0. The first-order valence-electron chi connectivity index (χ1n) is 8.88. The van der Waals surface area contributed by atoms with Crippen LogP contribution >= 0.6 is 12.4 Å². The van der Waals surface area contributed by atoms with E-state index in [1.807, 2.05) is 18.2 Å². The molecule has 1 saturated heterocycles. The van der Waals surface area contributed by atoms with Crippen LogP contribution in [0.3, 0.4) is 0 Å². The number of aliphatic hydroxyl groups is 1. The van der Waals surface area contributed by atoms with E-state index in [2.05, 4.69) is 10.5 Å². The summed E-state index contributed by atoms with van der Waals surface area (Å²) in [6, 6.07) is 5.63. The van der Waals surface area contributed by atoms with Crippen molar-refractivity contribution in [1.29, 1.82) is 0 Å². The maximum atomic E-state index is 10.0. The number of aliphatic hydroxyl groups excluding tert-OH is 1. The van der Waals surface area contributed by atoms with E-state index in [0.717, 1.165) is 50.6 Å². The second kappa shape index (κ2) is 8.25. The standard InChI is InChI=1S/C18H24N2O4.ClH/c21-13-3-1-4-14(13)23-15-5-2-6-16-17(15)18(20-24-16)22-11-12-7-9-19-10-8-12;/h2,5-6,12-14,19,21H,1,3-4,7-11H2;1H/t13-,14-;/m0./s1. The summed E-state index contributed by atoms with van der Waals surface area (Å²) in [5.74, 6) is 1.72. The number of fused-ring (bicyclic) bond motifs is 1. The third-order valence-electron chi connectivity index (χ3n) is 5.04. The van der Waals surface area contributed by atoms with Crippen molar-refractivity contribution in [3.05, 3.63) is 18.2 Å².